The molecule has 7 heteroatoms. The molecule has 0 aliphatic rings. The van der Waals surface area contributed by atoms with E-state index >= 15 is 0 Å². The fraction of sp³-hybridized carbons (Fsp3) is 0.786. The van der Waals surface area contributed by atoms with Gasteiger partial charge in [-0.05, 0) is 45.7 Å². The Labute approximate surface area is 133 Å². The molecule has 0 bridgehead atoms. The van der Waals surface area contributed by atoms with E-state index in [1.807, 2.05) is 0 Å². The van der Waals surface area contributed by atoms with Gasteiger partial charge in [-0.2, -0.15) is 12.6 Å². The van der Waals surface area contributed by atoms with Crippen LogP contribution in [-0.2, 0) is 4.79 Å². The Morgan fingerprint density at radius 3 is 2.38 bits per heavy atom. The van der Waals surface area contributed by atoms with Crippen molar-refractivity contribution in [3.8, 4) is 0 Å². The van der Waals surface area contributed by atoms with Gasteiger partial charge in [0.2, 0.25) is 0 Å². The zero-order valence-electron chi connectivity index (χ0n) is 13.1. The molecule has 0 unspecified atom stereocenters. The van der Waals surface area contributed by atoms with Crippen LogP contribution in [0.4, 0.5) is 4.79 Å². The monoisotopic (exact) mass is 316 g/mol. The Hall–Kier alpha value is -1.08. The number of aliphatic imine (C=N–C) groups is 1. The topological polar surface area (TPSA) is 82.6 Å². The van der Waals surface area contributed by atoms with E-state index in [4.69, 9.17) is 0 Å². The van der Waals surface area contributed by atoms with Gasteiger partial charge in [-0.3, -0.25) is 4.79 Å². The Bertz CT molecular complexity index is 335. The van der Waals surface area contributed by atoms with Crippen molar-refractivity contribution in [1.82, 2.24) is 16.0 Å². The molecule has 21 heavy (non-hydrogen) atoms. The summed E-state index contributed by atoms with van der Waals surface area (Å²) in [5.74, 6) is 0.490. The fourth-order valence-electron chi connectivity index (χ4n) is 1.68. The zero-order chi connectivity index (χ0) is 16.1. The van der Waals surface area contributed by atoms with Crippen molar-refractivity contribution in [2.24, 2.45) is 4.99 Å². The number of amides is 3. The predicted octanol–water partition coefficient (Wildman–Crippen LogP) is 1.37. The maximum atomic E-state index is 11.6. The van der Waals surface area contributed by atoms with Gasteiger partial charge >= 0.3 is 6.03 Å². The number of nitrogens with zero attached hydrogens (tertiary/aromatic N) is 1. The molecule has 3 amide bonds. The first-order valence-electron chi connectivity index (χ1n) is 7.32. The highest BCUT2D eigenvalue weighted by Gasteiger charge is 2.28. The summed E-state index contributed by atoms with van der Waals surface area (Å²) in [6, 6.07) is -0.382. The van der Waals surface area contributed by atoms with Gasteiger partial charge in [-0.1, -0.05) is 12.8 Å². The molecular formula is C14H28N4O2S. The number of nitrogens with one attached hydrogen (secondary N) is 3. The van der Waals surface area contributed by atoms with Gasteiger partial charge in [0.05, 0.1) is 0 Å². The molecule has 0 rings (SSSR count). The molecule has 122 valence electrons. The molecule has 0 saturated carbocycles. The van der Waals surface area contributed by atoms with Crippen LogP contribution in [0.15, 0.2) is 4.99 Å². The lowest BCUT2D eigenvalue weighted by Crippen LogP contribution is -2.53. The van der Waals surface area contributed by atoms with Crippen LogP contribution in [0.3, 0.4) is 0 Å². The maximum absolute atomic E-state index is 11.6. The van der Waals surface area contributed by atoms with Crippen molar-refractivity contribution in [3.63, 3.8) is 0 Å². The lowest BCUT2D eigenvalue weighted by molar-refractivity contribution is -0.122. The average Bonchev–Trinajstić information content (AvgIpc) is 2.44. The molecule has 3 N–H and O–H groups in total. The van der Waals surface area contributed by atoms with E-state index in [9.17, 15) is 9.59 Å². The molecular weight excluding hydrogens is 288 g/mol. The summed E-state index contributed by atoms with van der Waals surface area (Å²) in [6.07, 6.45) is 4.71. The number of hydrogen-bond acceptors (Lipinski definition) is 4. The first-order valence-corrected chi connectivity index (χ1v) is 7.96. The van der Waals surface area contributed by atoms with Crippen LogP contribution in [0.1, 0.15) is 39.5 Å². The third-order valence-electron chi connectivity index (χ3n) is 2.95. The molecule has 0 aromatic heterocycles. The Kier molecular flexibility index (Phi) is 11.0. The molecule has 0 radical (unpaired) electrons. The van der Waals surface area contributed by atoms with Crippen LogP contribution >= 0.6 is 12.6 Å². The summed E-state index contributed by atoms with van der Waals surface area (Å²) in [7, 11) is 0. The largest absolute Gasteiger partial charge is 0.337 e. The van der Waals surface area contributed by atoms with Gasteiger partial charge in [-0.25, -0.2) is 9.79 Å². The normalized spacial score (nSPS) is 11.0. The maximum Gasteiger partial charge on any atom is 0.315 e. The van der Waals surface area contributed by atoms with E-state index in [0.29, 0.717) is 13.1 Å². The van der Waals surface area contributed by atoms with Gasteiger partial charge in [0.15, 0.2) is 0 Å². The van der Waals surface area contributed by atoms with Gasteiger partial charge in [0, 0.05) is 13.1 Å². The number of urea groups is 1. The Morgan fingerprint density at radius 2 is 1.76 bits per heavy atom. The van der Waals surface area contributed by atoms with Crippen LogP contribution in [-0.4, -0.2) is 49.6 Å². The molecule has 0 aliphatic carbocycles. The number of hydrogen-bond donors (Lipinski definition) is 4. The standard InChI is InChI=1S/C14H28N4O2S/c1-14(2,12(19)15-3)18-13(20)17-10-9-16-8-6-4-5-7-11-21/h16,21H,3-11H2,1-2H3,(H2,17,18,20). The molecule has 0 aromatic rings. The molecule has 0 saturated heterocycles. The van der Waals surface area contributed by atoms with Gasteiger partial charge < -0.3 is 16.0 Å². The first kappa shape index (κ1) is 19.9. The fourth-order valence-corrected chi connectivity index (χ4v) is 1.91. The Balaban J connectivity index is 3.58. The van der Waals surface area contributed by atoms with Crippen LogP contribution in [0.5, 0.6) is 0 Å². The predicted molar refractivity (Wildman–Crippen MR) is 90.4 cm³/mol. The van der Waals surface area contributed by atoms with Gasteiger partial charge in [-0.15, -0.1) is 0 Å². The first-order chi connectivity index (χ1) is 9.94. The van der Waals surface area contributed by atoms with Crippen molar-refractivity contribution in [2.45, 2.75) is 45.1 Å². The zero-order valence-corrected chi connectivity index (χ0v) is 14.0. The summed E-state index contributed by atoms with van der Waals surface area (Å²) in [4.78, 5) is 26.3. The minimum absolute atomic E-state index is 0.382. The summed E-state index contributed by atoms with van der Waals surface area (Å²) in [5, 5.41) is 8.51. The second kappa shape index (κ2) is 11.6. The minimum atomic E-state index is -1.04. The summed E-state index contributed by atoms with van der Waals surface area (Å²) in [6.45, 7) is 8.51. The van der Waals surface area contributed by atoms with Crippen molar-refractivity contribution in [1.29, 1.82) is 0 Å². The van der Waals surface area contributed by atoms with Crippen molar-refractivity contribution >= 4 is 31.3 Å². The number of unbranched alkanes of at least 4 members (excludes halogenated alkanes) is 3. The third kappa shape index (κ3) is 10.3. The van der Waals surface area contributed by atoms with Gasteiger partial charge in [0.25, 0.3) is 5.91 Å². The van der Waals surface area contributed by atoms with Crippen LogP contribution in [0.25, 0.3) is 0 Å². The number of thiol groups is 1. The molecule has 0 heterocycles. The molecule has 0 spiro atoms. The lowest BCUT2D eigenvalue weighted by atomic mass is 10.1. The van der Waals surface area contributed by atoms with Gasteiger partial charge in [0.1, 0.15) is 5.54 Å². The molecule has 0 fully saturated rings. The van der Waals surface area contributed by atoms with Crippen molar-refractivity contribution in [3.05, 3.63) is 0 Å². The number of carbonyl (C=O) groups excluding carboxylic acids is 2. The Morgan fingerprint density at radius 1 is 1.10 bits per heavy atom. The second-order valence-corrected chi connectivity index (χ2v) is 5.80. The summed E-state index contributed by atoms with van der Waals surface area (Å²) >= 11 is 4.17. The molecule has 0 aromatic carbocycles. The number of carbonyl (C=O) groups is 2. The summed E-state index contributed by atoms with van der Waals surface area (Å²) in [5.41, 5.74) is -1.04. The lowest BCUT2D eigenvalue weighted by Gasteiger charge is -2.22. The van der Waals surface area contributed by atoms with E-state index in [1.165, 1.54) is 19.3 Å². The van der Waals surface area contributed by atoms with Crippen LogP contribution in [0.2, 0.25) is 0 Å². The van der Waals surface area contributed by atoms with Crippen LogP contribution < -0.4 is 16.0 Å². The van der Waals surface area contributed by atoms with Crippen molar-refractivity contribution < 1.29 is 9.59 Å². The SMILES string of the molecule is C=NC(=O)C(C)(C)NC(=O)NCCNCCCCCCS. The van der Waals surface area contributed by atoms with Crippen molar-refractivity contribution in [2.75, 3.05) is 25.4 Å². The van der Waals surface area contributed by atoms with E-state index in [1.54, 1.807) is 13.8 Å². The average molecular weight is 316 g/mol. The molecule has 0 aliphatic heterocycles. The van der Waals surface area contributed by atoms with E-state index in [-0.39, 0.29) is 6.03 Å². The highest BCUT2D eigenvalue weighted by atomic mass is 32.1. The number of rotatable bonds is 11. The summed E-state index contributed by atoms with van der Waals surface area (Å²) < 4.78 is 0. The van der Waals surface area contributed by atoms with E-state index < -0.39 is 11.4 Å². The molecule has 0 atom stereocenters. The van der Waals surface area contributed by atoms with Crippen LogP contribution in [0, 0.1) is 0 Å². The minimum Gasteiger partial charge on any atom is -0.337 e. The van der Waals surface area contributed by atoms with E-state index in [0.717, 1.165) is 18.7 Å². The highest BCUT2D eigenvalue weighted by molar-refractivity contribution is 7.80. The smallest absolute Gasteiger partial charge is 0.315 e. The second-order valence-electron chi connectivity index (χ2n) is 5.36. The molecule has 6 nitrogen and oxygen atoms in total. The highest BCUT2D eigenvalue weighted by Crippen LogP contribution is 2.03. The van der Waals surface area contributed by atoms with E-state index in [2.05, 4.69) is 40.3 Å². The third-order valence-corrected chi connectivity index (χ3v) is 3.27. The quantitative estimate of drug-likeness (QED) is 0.264.